The lowest BCUT2D eigenvalue weighted by atomic mass is 9.87. The molecule has 0 radical (unpaired) electrons. The van der Waals surface area contributed by atoms with Crippen LogP contribution in [0.2, 0.25) is 5.02 Å². The van der Waals surface area contributed by atoms with Crippen LogP contribution >= 0.6 is 11.6 Å². The molecule has 0 bridgehead atoms. The highest BCUT2D eigenvalue weighted by molar-refractivity contribution is 6.30. The van der Waals surface area contributed by atoms with Crippen molar-refractivity contribution in [2.75, 3.05) is 0 Å². The minimum Gasteiger partial charge on any atom is -0.508 e. The monoisotopic (exact) mass is 383 g/mol. The Kier molecular flexibility index (Phi) is 5.81. The predicted octanol–water partition coefficient (Wildman–Crippen LogP) is 3.93. The highest BCUT2D eigenvalue weighted by Crippen LogP contribution is 2.34. The molecule has 0 aliphatic heterocycles. The topological polar surface area (TPSA) is 67.2 Å². The van der Waals surface area contributed by atoms with Crippen LogP contribution in [0.25, 0.3) is 0 Å². The van der Waals surface area contributed by atoms with E-state index in [0.717, 1.165) is 16.8 Å². The van der Waals surface area contributed by atoms with Gasteiger partial charge in [-0.2, -0.15) is 5.10 Å². The van der Waals surface area contributed by atoms with Crippen molar-refractivity contribution in [3.8, 4) is 5.75 Å². The van der Waals surface area contributed by atoms with Crippen LogP contribution in [-0.4, -0.2) is 20.8 Å². The van der Waals surface area contributed by atoms with Crippen LogP contribution in [0, 0.1) is 6.92 Å². The van der Waals surface area contributed by atoms with Gasteiger partial charge in [-0.1, -0.05) is 41.9 Å². The van der Waals surface area contributed by atoms with Gasteiger partial charge in [0.25, 0.3) is 0 Å². The van der Waals surface area contributed by atoms with Gasteiger partial charge in [0, 0.05) is 47.8 Å². The molecule has 3 aromatic rings. The number of hydrogen-bond donors (Lipinski definition) is 2. The summed E-state index contributed by atoms with van der Waals surface area (Å²) in [6.45, 7) is 2.38. The maximum atomic E-state index is 12.6. The van der Waals surface area contributed by atoms with Crippen molar-refractivity contribution >= 4 is 17.5 Å². The molecule has 5 nitrogen and oxygen atoms in total. The normalized spacial score (nSPS) is 12.0. The SMILES string of the molecule is Cc1c(CNC(=O)C[C@H](c2cccc(Cl)c2)c2ccccc2O)cnn1C. The lowest BCUT2D eigenvalue weighted by molar-refractivity contribution is -0.121. The van der Waals surface area contributed by atoms with Gasteiger partial charge in [-0.15, -0.1) is 0 Å². The Hall–Kier alpha value is -2.79. The standard InChI is InChI=1S/C21H22ClN3O2/c1-14-16(13-24-25(14)2)12-23-21(27)11-19(15-6-5-7-17(22)10-15)18-8-3-4-9-20(18)26/h3-10,13,19,26H,11-12H2,1-2H3,(H,23,27)/t19-/m1/s1. The van der Waals surface area contributed by atoms with Crippen LogP contribution < -0.4 is 5.32 Å². The first kappa shape index (κ1) is 19.0. The Morgan fingerprint density at radius 3 is 2.70 bits per heavy atom. The van der Waals surface area contributed by atoms with Crippen molar-refractivity contribution in [1.29, 1.82) is 0 Å². The number of nitrogens with zero attached hydrogens (tertiary/aromatic N) is 2. The lowest BCUT2D eigenvalue weighted by Crippen LogP contribution is -2.25. The molecule has 2 aromatic carbocycles. The van der Waals surface area contributed by atoms with Crippen molar-refractivity contribution in [1.82, 2.24) is 15.1 Å². The minimum atomic E-state index is -0.292. The summed E-state index contributed by atoms with van der Waals surface area (Å²) in [4.78, 5) is 12.6. The zero-order valence-electron chi connectivity index (χ0n) is 15.3. The van der Waals surface area contributed by atoms with Crippen LogP contribution in [0.1, 0.15) is 34.7 Å². The lowest BCUT2D eigenvalue weighted by Gasteiger charge is -2.19. The fourth-order valence-electron chi connectivity index (χ4n) is 3.08. The number of phenols is 1. The van der Waals surface area contributed by atoms with E-state index in [1.165, 1.54) is 0 Å². The molecule has 0 aliphatic rings. The smallest absolute Gasteiger partial charge is 0.221 e. The molecule has 0 spiro atoms. The summed E-state index contributed by atoms with van der Waals surface area (Å²) in [5.41, 5.74) is 3.58. The number of benzene rings is 2. The first-order valence-electron chi connectivity index (χ1n) is 8.73. The van der Waals surface area contributed by atoms with Gasteiger partial charge in [0.05, 0.1) is 6.20 Å². The molecule has 140 valence electrons. The molecular weight excluding hydrogens is 362 g/mol. The van der Waals surface area contributed by atoms with Gasteiger partial charge in [-0.3, -0.25) is 9.48 Å². The number of hydrogen-bond acceptors (Lipinski definition) is 3. The van der Waals surface area contributed by atoms with Crippen molar-refractivity contribution in [2.45, 2.75) is 25.8 Å². The number of halogens is 1. The Balaban J connectivity index is 1.80. The molecule has 3 rings (SSSR count). The van der Waals surface area contributed by atoms with Gasteiger partial charge in [0.15, 0.2) is 0 Å². The number of rotatable bonds is 6. The number of carbonyl (C=O) groups excluding carboxylic acids is 1. The highest BCUT2D eigenvalue weighted by Gasteiger charge is 2.21. The van der Waals surface area contributed by atoms with E-state index in [-0.39, 0.29) is 24.0 Å². The Morgan fingerprint density at radius 2 is 2.04 bits per heavy atom. The first-order chi connectivity index (χ1) is 13.0. The van der Waals surface area contributed by atoms with Gasteiger partial charge in [-0.25, -0.2) is 0 Å². The van der Waals surface area contributed by atoms with Crippen LogP contribution in [0.5, 0.6) is 5.75 Å². The number of aromatic hydroxyl groups is 1. The molecule has 0 aliphatic carbocycles. The second-order valence-corrected chi connectivity index (χ2v) is 6.96. The maximum absolute atomic E-state index is 12.6. The molecule has 27 heavy (non-hydrogen) atoms. The predicted molar refractivity (Wildman–Crippen MR) is 106 cm³/mol. The number of carbonyl (C=O) groups is 1. The summed E-state index contributed by atoms with van der Waals surface area (Å²) in [6.07, 6.45) is 1.96. The average Bonchev–Trinajstić information content (AvgIpc) is 2.97. The van der Waals surface area contributed by atoms with Crippen LogP contribution in [0.4, 0.5) is 0 Å². The van der Waals surface area contributed by atoms with Crippen molar-refractivity contribution in [3.63, 3.8) is 0 Å². The zero-order chi connectivity index (χ0) is 19.4. The van der Waals surface area contributed by atoms with E-state index in [1.807, 2.05) is 44.3 Å². The second-order valence-electron chi connectivity index (χ2n) is 6.53. The van der Waals surface area contributed by atoms with E-state index < -0.39 is 0 Å². The quantitative estimate of drug-likeness (QED) is 0.677. The molecule has 1 atom stereocenters. The fourth-order valence-corrected chi connectivity index (χ4v) is 3.28. The Bertz CT molecular complexity index is 952. The zero-order valence-corrected chi connectivity index (χ0v) is 16.1. The molecule has 1 heterocycles. The fraction of sp³-hybridized carbons (Fsp3) is 0.238. The summed E-state index contributed by atoms with van der Waals surface area (Å²) in [6, 6.07) is 14.5. The van der Waals surface area contributed by atoms with E-state index in [2.05, 4.69) is 10.4 Å². The Morgan fingerprint density at radius 1 is 1.26 bits per heavy atom. The van der Waals surface area contributed by atoms with Gasteiger partial charge < -0.3 is 10.4 Å². The van der Waals surface area contributed by atoms with Crippen LogP contribution in [0.3, 0.4) is 0 Å². The summed E-state index contributed by atoms with van der Waals surface area (Å²) in [5.74, 6) is -0.232. The molecule has 1 amide bonds. The van der Waals surface area contributed by atoms with E-state index in [0.29, 0.717) is 17.1 Å². The molecule has 2 N–H and O–H groups in total. The van der Waals surface area contributed by atoms with Gasteiger partial charge in [0.2, 0.25) is 5.91 Å². The van der Waals surface area contributed by atoms with E-state index >= 15 is 0 Å². The first-order valence-corrected chi connectivity index (χ1v) is 9.11. The molecule has 0 fully saturated rings. The summed E-state index contributed by atoms with van der Waals surface area (Å²) in [7, 11) is 1.87. The second kappa shape index (κ2) is 8.27. The third-order valence-corrected chi connectivity index (χ3v) is 5.00. The number of nitrogens with one attached hydrogen (secondary N) is 1. The van der Waals surface area contributed by atoms with Crippen molar-refractivity contribution < 1.29 is 9.90 Å². The van der Waals surface area contributed by atoms with E-state index in [1.54, 1.807) is 29.1 Å². The van der Waals surface area contributed by atoms with Gasteiger partial charge >= 0.3 is 0 Å². The Labute approximate surface area is 163 Å². The maximum Gasteiger partial charge on any atom is 0.221 e. The van der Waals surface area contributed by atoms with E-state index in [9.17, 15) is 9.90 Å². The highest BCUT2D eigenvalue weighted by atomic mass is 35.5. The van der Waals surface area contributed by atoms with Crippen LogP contribution in [0.15, 0.2) is 54.7 Å². The number of amides is 1. The molecular formula is C21H22ClN3O2. The number of para-hydroxylation sites is 1. The summed E-state index contributed by atoms with van der Waals surface area (Å²) >= 11 is 6.14. The van der Waals surface area contributed by atoms with Crippen molar-refractivity contribution in [2.24, 2.45) is 7.05 Å². The van der Waals surface area contributed by atoms with Gasteiger partial charge in [0.1, 0.15) is 5.75 Å². The van der Waals surface area contributed by atoms with Crippen LogP contribution in [-0.2, 0) is 18.4 Å². The average molecular weight is 384 g/mol. The van der Waals surface area contributed by atoms with E-state index in [4.69, 9.17) is 11.6 Å². The minimum absolute atomic E-state index is 0.105. The van der Waals surface area contributed by atoms with Crippen molar-refractivity contribution in [3.05, 3.63) is 82.1 Å². The summed E-state index contributed by atoms with van der Waals surface area (Å²) < 4.78 is 1.78. The third-order valence-electron chi connectivity index (χ3n) is 4.77. The number of phenolic OH excluding ortho intramolecular Hbond substituents is 1. The van der Waals surface area contributed by atoms with Gasteiger partial charge in [-0.05, 0) is 30.7 Å². The molecule has 1 aromatic heterocycles. The largest absolute Gasteiger partial charge is 0.508 e. The summed E-state index contributed by atoms with van der Waals surface area (Å²) in [5, 5.41) is 18.0. The molecule has 0 unspecified atom stereocenters. The molecule has 0 saturated carbocycles. The third kappa shape index (κ3) is 4.49. The molecule has 0 saturated heterocycles. The number of aromatic nitrogens is 2. The molecule has 6 heteroatoms. The number of aryl methyl sites for hydroxylation is 1.